The number of rotatable bonds is 8. The van der Waals surface area contributed by atoms with Crippen molar-refractivity contribution in [2.75, 3.05) is 0 Å². The Morgan fingerprint density at radius 1 is 1.19 bits per heavy atom. The Bertz CT molecular complexity index is 937. The summed E-state index contributed by atoms with van der Waals surface area (Å²) in [6.07, 6.45) is 0.576. The van der Waals surface area contributed by atoms with Crippen LogP contribution >= 0.6 is 7.60 Å². The highest BCUT2D eigenvalue weighted by atomic mass is 31.2. The van der Waals surface area contributed by atoms with Crippen molar-refractivity contribution in [3.05, 3.63) is 46.0 Å². The van der Waals surface area contributed by atoms with E-state index in [1.807, 2.05) is 0 Å². The molecule has 0 N–H and O–H groups in total. The Morgan fingerprint density at radius 3 is 2.30 bits per heavy atom. The number of nitrogens with zero attached hydrogens (tertiary/aromatic N) is 1. The molecule has 1 aromatic heterocycles. The van der Waals surface area contributed by atoms with Crippen molar-refractivity contribution >= 4 is 24.3 Å². The minimum absolute atomic E-state index is 0.0509. The molecule has 0 aliphatic rings. The molecule has 6 nitrogen and oxygen atoms in total. The highest BCUT2D eigenvalue weighted by Crippen LogP contribution is 2.52. The molecule has 0 atom stereocenters. The number of carbonyl (C=O) groups excluding carboxylic acids is 1. The molecular formula is C19H25FNO5P. The van der Waals surface area contributed by atoms with Crippen LogP contribution < -0.4 is 5.43 Å². The lowest BCUT2D eigenvalue weighted by Gasteiger charge is -2.24. The Kier molecular flexibility index (Phi) is 6.73. The first kappa shape index (κ1) is 21.5. The van der Waals surface area contributed by atoms with Gasteiger partial charge in [-0.3, -0.25) is 14.2 Å². The zero-order valence-corrected chi connectivity index (χ0v) is 17.1. The van der Waals surface area contributed by atoms with Gasteiger partial charge in [-0.15, -0.1) is 0 Å². The third kappa shape index (κ3) is 5.12. The van der Waals surface area contributed by atoms with Crippen molar-refractivity contribution in [3.8, 4) is 0 Å². The lowest BCUT2D eigenvalue weighted by Crippen LogP contribution is -2.20. The van der Waals surface area contributed by atoms with E-state index in [9.17, 15) is 18.5 Å². The van der Waals surface area contributed by atoms with Crippen LogP contribution in [0.25, 0.3) is 10.9 Å². The SMILES string of the molecule is CCC(=O)c1cn(CP(=O)(OC(C)C)OC(C)C)c2ccc(F)cc2c1=O. The number of aromatic nitrogens is 1. The first-order valence-electron chi connectivity index (χ1n) is 8.88. The molecule has 0 aliphatic heterocycles. The molecule has 0 unspecified atom stereocenters. The molecule has 0 saturated carbocycles. The number of hydrogen-bond acceptors (Lipinski definition) is 5. The van der Waals surface area contributed by atoms with Crippen LogP contribution in [0.4, 0.5) is 4.39 Å². The second-order valence-corrected chi connectivity index (χ2v) is 8.77. The van der Waals surface area contributed by atoms with Gasteiger partial charge in [0.25, 0.3) is 0 Å². The van der Waals surface area contributed by atoms with E-state index in [1.165, 1.54) is 22.9 Å². The Hall–Kier alpha value is -1.82. The van der Waals surface area contributed by atoms with Crippen LogP contribution in [0.15, 0.2) is 29.2 Å². The second kappa shape index (κ2) is 8.46. The van der Waals surface area contributed by atoms with E-state index in [1.54, 1.807) is 34.6 Å². The normalized spacial score (nSPS) is 12.3. The van der Waals surface area contributed by atoms with Gasteiger partial charge in [-0.25, -0.2) is 4.39 Å². The number of carbonyl (C=O) groups is 1. The molecule has 148 valence electrons. The summed E-state index contributed by atoms with van der Waals surface area (Å²) in [6.45, 7) is 8.58. The maximum Gasteiger partial charge on any atom is 0.350 e. The molecule has 0 radical (unpaired) electrons. The summed E-state index contributed by atoms with van der Waals surface area (Å²) < 4.78 is 39.5. The molecule has 0 spiro atoms. The van der Waals surface area contributed by atoms with Crippen molar-refractivity contribution in [2.24, 2.45) is 0 Å². The van der Waals surface area contributed by atoms with Gasteiger partial charge in [0.05, 0.1) is 23.3 Å². The standard InChI is InChI=1S/C19H25FNO5P/c1-6-18(22)16-10-21(11-27(24,25-12(2)3)26-13(4)5)17-8-7-14(20)9-15(17)19(16)23/h7-10,12-13H,6,11H2,1-5H3. The van der Waals surface area contributed by atoms with Crippen LogP contribution in [0.5, 0.6) is 0 Å². The average Bonchev–Trinajstić information content (AvgIpc) is 2.55. The van der Waals surface area contributed by atoms with Crippen molar-refractivity contribution < 1.29 is 22.8 Å². The minimum atomic E-state index is -3.59. The summed E-state index contributed by atoms with van der Waals surface area (Å²) in [4.78, 5) is 24.8. The molecule has 0 aliphatic carbocycles. The minimum Gasteiger partial charge on any atom is -0.334 e. The van der Waals surface area contributed by atoms with Crippen molar-refractivity contribution in [2.45, 2.75) is 59.5 Å². The topological polar surface area (TPSA) is 74.6 Å². The van der Waals surface area contributed by atoms with E-state index < -0.39 is 18.8 Å². The number of pyridine rings is 1. The third-order valence-electron chi connectivity index (χ3n) is 3.73. The van der Waals surface area contributed by atoms with E-state index in [0.29, 0.717) is 5.52 Å². The average molecular weight is 397 g/mol. The summed E-state index contributed by atoms with van der Waals surface area (Å²) in [5, 5.41) is 0.0509. The van der Waals surface area contributed by atoms with E-state index in [2.05, 4.69) is 0 Å². The number of fused-ring (bicyclic) bond motifs is 1. The van der Waals surface area contributed by atoms with Crippen molar-refractivity contribution in [3.63, 3.8) is 0 Å². The summed E-state index contributed by atoms with van der Waals surface area (Å²) in [5.41, 5.74) is -0.262. The van der Waals surface area contributed by atoms with Crippen LogP contribution in [0.3, 0.4) is 0 Å². The number of halogens is 1. The monoisotopic (exact) mass is 397 g/mol. The number of ketones is 1. The predicted octanol–water partition coefficient (Wildman–Crippen LogP) is 4.73. The molecule has 27 heavy (non-hydrogen) atoms. The molecular weight excluding hydrogens is 372 g/mol. The van der Waals surface area contributed by atoms with E-state index in [0.717, 1.165) is 6.07 Å². The van der Waals surface area contributed by atoms with Gasteiger partial charge >= 0.3 is 7.60 Å². The molecule has 2 aromatic rings. The third-order valence-corrected chi connectivity index (χ3v) is 5.87. The van der Waals surface area contributed by atoms with Gasteiger partial charge in [0, 0.05) is 18.0 Å². The van der Waals surface area contributed by atoms with Gasteiger partial charge in [-0.05, 0) is 45.9 Å². The molecule has 1 heterocycles. The number of hydrogen-bond donors (Lipinski definition) is 0. The maximum atomic E-state index is 13.7. The first-order valence-corrected chi connectivity index (χ1v) is 10.6. The van der Waals surface area contributed by atoms with Crippen LogP contribution in [0.2, 0.25) is 0 Å². The molecule has 0 amide bonds. The first-order chi connectivity index (χ1) is 12.6. The quantitative estimate of drug-likeness (QED) is 0.475. The van der Waals surface area contributed by atoms with Gasteiger partial charge in [0.2, 0.25) is 0 Å². The Labute approximate surface area is 157 Å². The fraction of sp³-hybridized carbons (Fsp3) is 0.474. The molecule has 0 saturated heterocycles. The summed E-state index contributed by atoms with van der Waals surface area (Å²) >= 11 is 0. The van der Waals surface area contributed by atoms with Crippen LogP contribution in [-0.2, 0) is 19.9 Å². The number of benzene rings is 1. The van der Waals surface area contributed by atoms with Gasteiger partial charge in [0.1, 0.15) is 12.1 Å². The molecule has 2 rings (SSSR count). The Balaban J connectivity index is 2.68. The molecule has 0 fully saturated rings. The summed E-state index contributed by atoms with van der Waals surface area (Å²) in [6, 6.07) is 3.70. The number of Topliss-reactive ketones (excluding diaryl/α,β-unsaturated/α-hetero) is 1. The van der Waals surface area contributed by atoms with Crippen LogP contribution in [0.1, 0.15) is 51.4 Å². The van der Waals surface area contributed by atoms with Gasteiger partial charge in [0.15, 0.2) is 11.2 Å². The van der Waals surface area contributed by atoms with Crippen LogP contribution in [-0.4, -0.2) is 22.6 Å². The fourth-order valence-corrected chi connectivity index (χ4v) is 4.87. The second-order valence-electron chi connectivity index (χ2n) is 6.84. The van der Waals surface area contributed by atoms with Crippen molar-refractivity contribution in [1.29, 1.82) is 0 Å². The predicted molar refractivity (Wildman–Crippen MR) is 103 cm³/mol. The zero-order chi connectivity index (χ0) is 20.4. The smallest absolute Gasteiger partial charge is 0.334 e. The molecule has 8 heteroatoms. The molecule has 1 aromatic carbocycles. The summed E-state index contributed by atoms with van der Waals surface area (Å²) in [7, 11) is -3.59. The zero-order valence-electron chi connectivity index (χ0n) is 16.2. The van der Waals surface area contributed by atoms with E-state index in [4.69, 9.17) is 9.05 Å². The Morgan fingerprint density at radius 2 is 1.78 bits per heavy atom. The van der Waals surface area contributed by atoms with Gasteiger partial charge in [-0.2, -0.15) is 0 Å². The highest BCUT2D eigenvalue weighted by Gasteiger charge is 2.29. The lowest BCUT2D eigenvalue weighted by atomic mass is 10.1. The van der Waals surface area contributed by atoms with Crippen molar-refractivity contribution in [1.82, 2.24) is 4.57 Å². The lowest BCUT2D eigenvalue weighted by molar-refractivity contribution is 0.0986. The van der Waals surface area contributed by atoms with E-state index >= 15 is 0 Å². The van der Waals surface area contributed by atoms with Gasteiger partial charge < -0.3 is 13.6 Å². The largest absolute Gasteiger partial charge is 0.350 e. The summed E-state index contributed by atoms with van der Waals surface area (Å²) in [5.74, 6) is -0.961. The fourth-order valence-electron chi connectivity index (χ4n) is 2.80. The van der Waals surface area contributed by atoms with Crippen LogP contribution in [0, 0.1) is 5.82 Å². The van der Waals surface area contributed by atoms with Gasteiger partial charge in [-0.1, -0.05) is 6.92 Å². The molecule has 0 bridgehead atoms. The maximum absolute atomic E-state index is 13.7. The van der Waals surface area contributed by atoms with E-state index in [-0.39, 0.29) is 41.6 Å². The highest BCUT2D eigenvalue weighted by molar-refractivity contribution is 7.52.